The van der Waals surface area contributed by atoms with Crippen molar-refractivity contribution in [2.75, 3.05) is 7.11 Å². The average Bonchev–Trinajstić information content (AvgIpc) is 3.08. The van der Waals surface area contributed by atoms with E-state index in [4.69, 9.17) is 27.9 Å². The summed E-state index contributed by atoms with van der Waals surface area (Å²) in [6, 6.07) is 8.01. The maximum Gasteiger partial charge on any atom is 0.357 e. The van der Waals surface area contributed by atoms with Crippen LogP contribution in [-0.2, 0) is 6.54 Å². The lowest BCUT2D eigenvalue weighted by Crippen LogP contribution is -2.36. The average molecular weight is 435 g/mol. The number of aromatic nitrogens is 4. The van der Waals surface area contributed by atoms with E-state index in [-0.39, 0.29) is 0 Å². The van der Waals surface area contributed by atoms with Gasteiger partial charge in [-0.3, -0.25) is 4.79 Å². The molecule has 0 spiro atoms. The van der Waals surface area contributed by atoms with Gasteiger partial charge in [-0.1, -0.05) is 23.2 Å². The molecule has 0 radical (unpaired) electrons. The Morgan fingerprint density at radius 1 is 1.21 bits per heavy atom. The van der Waals surface area contributed by atoms with Crippen molar-refractivity contribution in [2.24, 2.45) is 0 Å². The normalized spacial score (nSPS) is 11.1. The minimum absolute atomic E-state index is 0.291. The first-order valence-corrected chi connectivity index (χ1v) is 9.61. The fourth-order valence-corrected chi connectivity index (χ4v) is 4.02. The predicted molar refractivity (Wildman–Crippen MR) is 109 cm³/mol. The van der Waals surface area contributed by atoms with Gasteiger partial charge in [-0.2, -0.15) is 4.98 Å². The van der Waals surface area contributed by atoms with Crippen molar-refractivity contribution in [1.29, 1.82) is 0 Å². The van der Waals surface area contributed by atoms with Crippen molar-refractivity contribution in [3.8, 4) is 22.8 Å². The number of methoxy groups -OCH3 is 1. The van der Waals surface area contributed by atoms with E-state index in [0.29, 0.717) is 38.9 Å². The number of thiazole rings is 1. The van der Waals surface area contributed by atoms with E-state index in [1.54, 1.807) is 41.2 Å². The number of ether oxygens (including phenoxy) is 1. The monoisotopic (exact) mass is 434 g/mol. The summed E-state index contributed by atoms with van der Waals surface area (Å²) in [5, 5.41) is 0.376. The van der Waals surface area contributed by atoms with Crippen LogP contribution in [-0.4, -0.2) is 26.2 Å². The van der Waals surface area contributed by atoms with Gasteiger partial charge in [0, 0.05) is 23.3 Å². The van der Waals surface area contributed by atoms with Gasteiger partial charge in [0.05, 0.1) is 29.9 Å². The molecule has 0 saturated carbocycles. The van der Waals surface area contributed by atoms with Gasteiger partial charge in [0.1, 0.15) is 5.75 Å². The first-order valence-electron chi connectivity index (χ1n) is 8.04. The number of nitrogens with zero attached hydrogens (tertiary/aromatic N) is 4. The molecule has 2 aliphatic heterocycles. The van der Waals surface area contributed by atoms with E-state index in [1.807, 2.05) is 0 Å². The Labute approximate surface area is 172 Å². The molecule has 28 heavy (non-hydrogen) atoms. The van der Waals surface area contributed by atoms with Crippen molar-refractivity contribution in [3.05, 3.63) is 77.9 Å². The topological polar surface area (TPSA) is 79.0 Å². The quantitative estimate of drug-likeness (QED) is 0.492. The van der Waals surface area contributed by atoms with Gasteiger partial charge < -0.3 is 9.30 Å². The Morgan fingerprint density at radius 3 is 2.75 bits per heavy atom. The lowest BCUT2D eigenvalue weighted by molar-refractivity contribution is 0.415. The van der Waals surface area contributed by atoms with Crippen molar-refractivity contribution in [1.82, 2.24) is 19.1 Å². The molecule has 2 aromatic rings. The molecule has 2 aliphatic rings. The molecule has 10 heteroatoms. The van der Waals surface area contributed by atoms with Crippen LogP contribution in [0.1, 0.15) is 4.88 Å². The largest absolute Gasteiger partial charge is 0.495 e. The first-order chi connectivity index (χ1) is 13.5. The Balaban J connectivity index is 1.88. The molecule has 0 atom stereocenters. The Bertz CT molecular complexity index is 1260. The zero-order valence-electron chi connectivity index (χ0n) is 14.4. The molecular formula is C18H12Cl2N4O3S. The van der Waals surface area contributed by atoms with Gasteiger partial charge in [-0.05, 0) is 24.3 Å². The Hall–Kier alpha value is -2.68. The summed E-state index contributed by atoms with van der Waals surface area (Å²) in [4.78, 5) is 34.8. The molecule has 0 fully saturated rings. The standard InChI is InChI=1S/C18H12Cl2N4O3S/c1-27-14-7-10(4-5-13(14)19)24-16(25)12-3-2-6-23(15(12)22-18(24)26)9-11-8-21-17(20)28-11/h2-8H,9H2,1H3. The summed E-state index contributed by atoms with van der Waals surface area (Å²) in [5.41, 5.74) is -0.526. The fourth-order valence-electron chi connectivity index (χ4n) is 2.85. The third-order valence-corrected chi connectivity index (χ3v) is 5.52. The zero-order valence-corrected chi connectivity index (χ0v) is 16.8. The van der Waals surface area contributed by atoms with Crippen LogP contribution in [0, 0.1) is 0 Å². The predicted octanol–water partition coefficient (Wildman–Crippen LogP) is 3.32. The molecule has 4 rings (SSSR count). The van der Waals surface area contributed by atoms with Gasteiger partial charge in [0.15, 0.2) is 10.3 Å². The second-order valence-electron chi connectivity index (χ2n) is 5.81. The second-order valence-corrected chi connectivity index (χ2v) is 7.91. The van der Waals surface area contributed by atoms with Crippen molar-refractivity contribution >= 4 is 34.5 Å². The Morgan fingerprint density at radius 2 is 2.04 bits per heavy atom. The van der Waals surface area contributed by atoms with Gasteiger partial charge in [-0.15, -0.1) is 11.3 Å². The van der Waals surface area contributed by atoms with E-state index in [1.165, 1.54) is 24.5 Å². The number of halogens is 2. The molecular weight excluding hydrogens is 423 g/mol. The van der Waals surface area contributed by atoms with Gasteiger partial charge >= 0.3 is 5.69 Å². The van der Waals surface area contributed by atoms with Gasteiger partial charge in [0.25, 0.3) is 5.56 Å². The van der Waals surface area contributed by atoms with Crippen LogP contribution in [0.15, 0.2) is 52.3 Å². The molecule has 0 unspecified atom stereocenters. The summed E-state index contributed by atoms with van der Waals surface area (Å²) in [7, 11) is 1.46. The number of hydrogen-bond donors (Lipinski definition) is 0. The van der Waals surface area contributed by atoms with Crippen LogP contribution in [0.25, 0.3) is 17.1 Å². The number of rotatable bonds is 4. The maximum atomic E-state index is 13.0. The lowest BCUT2D eigenvalue weighted by atomic mass is 10.2. The summed E-state index contributed by atoms with van der Waals surface area (Å²) in [6.07, 6.45) is 3.40. The smallest absolute Gasteiger partial charge is 0.357 e. The molecule has 142 valence electrons. The summed E-state index contributed by atoms with van der Waals surface area (Å²) >= 11 is 13.2. The highest BCUT2D eigenvalue weighted by Crippen LogP contribution is 2.26. The second kappa shape index (κ2) is 7.38. The number of fused-ring (bicyclic) bond motifs is 1. The van der Waals surface area contributed by atoms with Gasteiger partial charge in [-0.25, -0.2) is 14.3 Å². The van der Waals surface area contributed by atoms with Crippen LogP contribution in [0.3, 0.4) is 0 Å². The van der Waals surface area contributed by atoms with E-state index in [2.05, 4.69) is 9.97 Å². The molecule has 0 bridgehead atoms. The highest BCUT2D eigenvalue weighted by molar-refractivity contribution is 7.15. The van der Waals surface area contributed by atoms with E-state index in [9.17, 15) is 9.59 Å². The number of hydrogen-bond acceptors (Lipinski definition) is 6. The van der Waals surface area contributed by atoms with E-state index >= 15 is 0 Å². The fraction of sp³-hybridized carbons (Fsp3) is 0.111. The van der Waals surface area contributed by atoms with Crippen LogP contribution in [0.4, 0.5) is 0 Å². The van der Waals surface area contributed by atoms with Crippen LogP contribution in [0.5, 0.6) is 5.75 Å². The molecule has 0 N–H and O–H groups in total. The summed E-state index contributed by atoms with van der Waals surface area (Å²) in [6.45, 7) is 0.395. The SMILES string of the molecule is COc1cc(-n2c(=O)nc3n(Cc4cnc(Cl)s4)cccc-3c2=O)ccc1Cl. The van der Waals surface area contributed by atoms with Crippen LogP contribution >= 0.6 is 34.5 Å². The molecule has 0 saturated heterocycles. The third kappa shape index (κ3) is 3.30. The first kappa shape index (κ1) is 18.7. The molecule has 3 heterocycles. The number of benzene rings is 1. The van der Waals surface area contributed by atoms with Crippen molar-refractivity contribution in [3.63, 3.8) is 0 Å². The van der Waals surface area contributed by atoms with E-state index in [0.717, 1.165) is 9.44 Å². The van der Waals surface area contributed by atoms with Crippen LogP contribution in [0.2, 0.25) is 9.49 Å². The molecule has 0 aliphatic carbocycles. The highest BCUT2D eigenvalue weighted by atomic mass is 35.5. The lowest BCUT2D eigenvalue weighted by Gasteiger charge is -2.15. The van der Waals surface area contributed by atoms with Crippen molar-refractivity contribution < 1.29 is 4.74 Å². The van der Waals surface area contributed by atoms with E-state index < -0.39 is 11.2 Å². The van der Waals surface area contributed by atoms with Crippen molar-refractivity contribution in [2.45, 2.75) is 6.54 Å². The third-order valence-electron chi connectivity index (χ3n) is 4.11. The molecule has 1 aromatic carbocycles. The van der Waals surface area contributed by atoms with Gasteiger partial charge in [0.2, 0.25) is 0 Å². The van der Waals surface area contributed by atoms with Crippen LogP contribution < -0.4 is 16.0 Å². The Kier molecular flexibility index (Phi) is 4.92. The molecule has 7 nitrogen and oxygen atoms in total. The molecule has 1 aromatic heterocycles. The highest BCUT2D eigenvalue weighted by Gasteiger charge is 2.19. The minimum Gasteiger partial charge on any atom is -0.495 e. The summed E-state index contributed by atoms with van der Waals surface area (Å²) < 4.78 is 8.31. The minimum atomic E-state index is -0.691. The summed E-state index contributed by atoms with van der Waals surface area (Å²) in [5.74, 6) is 0.648. The maximum absolute atomic E-state index is 13.0. The number of pyridine rings is 1. The molecule has 0 amide bonds. The zero-order chi connectivity index (χ0) is 19.8.